The Labute approximate surface area is 221 Å². The van der Waals surface area contributed by atoms with Crippen molar-refractivity contribution in [3.63, 3.8) is 0 Å². The van der Waals surface area contributed by atoms with Crippen LogP contribution in [0, 0.1) is 5.92 Å². The highest BCUT2D eigenvalue weighted by molar-refractivity contribution is 7.19. The monoisotopic (exact) mass is 518 g/mol. The van der Waals surface area contributed by atoms with Crippen molar-refractivity contribution >= 4 is 45.2 Å². The van der Waals surface area contributed by atoms with Gasteiger partial charge in [-0.1, -0.05) is 0 Å². The number of anilines is 2. The Morgan fingerprint density at radius 2 is 2.05 bits per heavy atom. The van der Waals surface area contributed by atoms with Gasteiger partial charge < -0.3 is 19.9 Å². The molecule has 0 bridgehead atoms. The summed E-state index contributed by atoms with van der Waals surface area (Å²) in [7, 11) is 4.27. The summed E-state index contributed by atoms with van der Waals surface area (Å²) in [5.41, 5.74) is 4.47. The molecular weight excluding hydrogens is 484 g/mol. The van der Waals surface area contributed by atoms with Gasteiger partial charge in [-0.05, 0) is 81.9 Å². The van der Waals surface area contributed by atoms with Gasteiger partial charge in [0.05, 0.1) is 24.2 Å². The summed E-state index contributed by atoms with van der Waals surface area (Å²) in [6, 6.07) is 4.75. The van der Waals surface area contributed by atoms with Gasteiger partial charge in [0.15, 0.2) is 0 Å². The molecule has 1 saturated heterocycles. The van der Waals surface area contributed by atoms with E-state index in [4.69, 9.17) is 4.74 Å². The largest absolute Gasteiger partial charge is 0.492 e. The van der Waals surface area contributed by atoms with E-state index >= 15 is 0 Å². The number of nitrogens with one attached hydrogen (secondary N) is 1. The van der Waals surface area contributed by atoms with Crippen molar-refractivity contribution in [3.8, 4) is 5.75 Å². The number of amides is 1. The van der Waals surface area contributed by atoms with Crippen LogP contribution in [0.15, 0.2) is 23.5 Å². The summed E-state index contributed by atoms with van der Waals surface area (Å²) in [5, 5.41) is 4.64. The molecule has 1 amide bonds. The van der Waals surface area contributed by atoms with E-state index in [9.17, 15) is 4.79 Å². The molecule has 0 saturated carbocycles. The SMILES string of the molecule is CCOc1cc2c(cc1Nc1ncnc3sc4c(c13)CC[C@H](C(=O)N1CCC(N(C)C)CC1)C4)C=NC2. The van der Waals surface area contributed by atoms with Crippen molar-refractivity contribution in [2.45, 2.75) is 51.6 Å². The van der Waals surface area contributed by atoms with Crippen LogP contribution in [0.25, 0.3) is 10.2 Å². The van der Waals surface area contributed by atoms with Gasteiger partial charge in [0.1, 0.15) is 22.7 Å². The quantitative estimate of drug-likeness (QED) is 0.520. The number of aryl methyl sites for hydroxylation is 1. The second-order valence-electron chi connectivity index (χ2n) is 10.4. The summed E-state index contributed by atoms with van der Waals surface area (Å²) >= 11 is 1.71. The van der Waals surface area contributed by atoms with Crippen LogP contribution in [0.3, 0.4) is 0 Å². The fourth-order valence-corrected chi connectivity index (χ4v) is 7.18. The number of fused-ring (bicyclic) bond motifs is 4. The van der Waals surface area contributed by atoms with Gasteiger partial charge in [0.25, 0.3) is 0 Å². The van der Waals surface area contributed by atoms with Crippen LogP contribution < -0.4 is 10.1 Å². The molecule has 1 N–H and O–H groups in total. The van der Waals surface area contributed by atoms with Gasteiger partial charge in [0, 0.05) is 36.1 Å². The number of hydrogen-bond donors (Lipinski definition) is 1. The van der Waals surface area contributed by atoms with E-state index in [1.165, 1.54) is 16.0 Å². The molecule has 1 atom stereocenters. The van der Waals surface area contributed by atoms with Gasteiger partial charge in [-0.25, -0.2) is 9.97 Å². The molecule has 1 fully saturated rings. The van der Waals surface area contributed by atoms with E-state index in [0.717, 1.165) is 78.2 Å². The molecule has 1 aromatic carbocycles. The Hall–Kier alpha value is -3.04. The molecule has 37 heavy (non-hydrogen) atoms. The third-order valence-corrected chi connectivity index (χ3v) is 9.15. The Morgan fingerprint density at radius 3 is 2.84 bits per heavy atom. The number of carbonyl (C=O) groups is 1. The highest BCUT2D eigenvalue weighted by Crippen LogP contribution is 2.42. The zero-order valence-electron chi connectivity index (χ0n) is 21.8. The number of thiophene rings is 1. The Kier molecular flexibility index (Phi) is 6.58. The number of ether oxygens (including phenoxy) is 1. The number of likely N-dealkylation sites (tertiary alicyclic amines) is 1. The number of carbonyl (C=O) groups excluding carboxylic acids is 1. The first-order chi connectivity index (χ1) is 18.0. The third kappa shape index (κ3) is 4.59. The maximum atomic E-state index is 13.4. The molecule has 4 heterocycles. The molecule has 3 aliphatic rings. The molecular formula is C28H34N6O2S. The molecule has 8 nitrogen and oxygen atoms in total. The predicted octanol–water partition coefficient (Wildman–Crippen LogP) is 4.42. The molecule has 3 aromatic rings. The average Bonchev–Trinajstić information content (AvgIpc) is 3.52. The number of piperidine rings is 1. The zero-order valence-corrected chi connectivity index (χ0v) is 22.6. The predicted molar refractivity (Wildman–Crippen MR) is 148 cm³/mol. The molecule has 9 heteroatoms. The Bertz CT molecular complexity index is 1360. The summed E-state index contributed by atoms with van der Waals surface area (Å²) in [5.74, 6) is 1.99. The number of nitrogens with zero attached hydrogens (tertiary/aromatic N) is 5. The van der Waals surface area contributed by atoms with Crippen LogP contribution in [0.2, 0.25) is 0 Å². The van der Waals surface area contributed by atoms with E-state index in [2.05, 4.69) is 56.3 Å². The van der Waals surface area contributed by atoms with Crippen molar-refractivity contribution in [3.05, 3.63) is 40.0 Å². The lowest BCUT2D eigenvalue weighted by molar-refractivity contribution is -0.137. The van der Waals surface area contributed by atoms with E-state index in [-0.39, 0.29) is 5.92 Å². The molecule has 194 valence electrons. The van der Waals surface area contributed by atoms with Crippen LogP contribution in [-0.2, 0) is 24.2 Å². The minimum absolute atomic E-state index is 0.0568. The molecule has 0 spiro atoms. The third-order valence-electron chi connectivity index (χ3n) is 7.99. The fourth-order valence-electron chi connectivity index (χ4n) is 5.91. The fraction of sp³-hybridized carbons (Fsp3) is 0.500. The number of aromatic nitrogens is 2. The van der Waals surface area contributed by atoms with Crippen molar-refractivity contribution in [1.82, 2.24) is 19.8 Å². The van der Waals surface area contributed by atoms with Gasteiger partial charge >= 0.3 is 0 Å². The lowest BCUT2D eigenvalue weighted by Crippen LogP contribution is -2.47. The molecule has 6 rings (SSSR count). The normalized spacial score (nSPS) is 19.4. The Balaban J connectivity index is 1.24. The molecule has 1 aliphatic carbocycles. The van der Waals surface area contributed by atoms with Crippen molar-refractivity contribution in [1.29, 1.82) is 0 Å². The van der Waals surface area contributed by atoms with Crippen LogP contribution in [0.4, 0.5) is 11.5 Å². The molecule has 0 unspecified atom stereocenters. The maximum Gasteiger partial charge on any atom is 0.226 e. The Morgan fingerprint density at radius 1 is 1.22 bits per heavy atom. The number of hydrogen-bond acceptors (Lipinski definition) is 8. The topological polar surface area (TPSA) is 82.9 Å². The van der Waals surface area contributed by atoms with Crippen LogP contribution in [-0.4, -0.2) is 71.7 Å². The first-order valence-corrected chi connectivity index (χ1v) is 14.1. The van der Waals surface area contributed by atoms with E-state index in [1.807, 2.05) is 13.1 Å². The van der Waals surface area contributed by atoms with Crippen molar-refractivity contribution in [2.24, 2.45) is 10.9 Å². The molecule has 2 aliphatic heterocycles. The highest BCUT2D eigenvalue weighted by atomic mass is 32.1. The smallest absolute Gasteiger partial charge is 0.226 e. The minimum Gasteiger partial charge on any atom is -0.492 e. The maximum absolute atomic E-state index is 13.4. The van der Waals surface area contributed by atoms with Crippen LogP contribution >= 0.6 is 11.3 Å². The first-order valence-electron chi connectivity index (χ1n) is 13.3. The van der Waals surface area contributed by atoms with E-state index in [0.29, 0.717) is 25.1 Å². The highest BCUT2D eigenvalue weighted by Gasteiger charge is 2.33. The second-order valence-corrected chi connectivity index (χ2v) is 11.5. The summed E-state index contributed by atoms with van der Waals surface area (Å²) in [6.07, 6.45) is 8.20. The van der Waals surface area contributed by atoms with Gasteiger partial charge in [-0.2, -0.15) is 0 Å². The molecule has 2 aromatic heterocycles. The lowest BCUT2D eigenvalue weighted by atomic mass is 9.86. The number of aliphatic imine (C=N–C) groups is 1. The molecule has 0 radical (unpaired) electrons. The van der Waals surface area contributed by atoms with E-state index < -0.39 is 0 Å². The van der Waals surface area contributed by atoms with Gasteiger partial charge in [0.2, 0.25) is 5.91 Å². The minimum atomic E-state index is 0.0568. The van der Waals surface area contributed by atoms with Crippen molar-refractivity contribution < 1.29 is 9.53 Å². The van der Waals surface area contributed by atoms with Crippen molar-refractivity contribution in [2.75, 3.05) is 39.1 Å². The summed E-state index contributed by atoms with van der Waals surface area (Å²) in [4.78, 5) is 33.7. The first kappa shape index (κ1) is 24.3. The number of benzene rings is 1. The standard InChI is InChI=1S/C28H34N6O2S/c1-4-36-23-12-19-15-29-14-18(19)11-22(23)32-26-25-21-6-5-17(13-24(21)37-27(25)31-16-30-26)28(35)34-9-7-20(8-10-34)33(2)3/h11-12,14,16-17,20H,4-10,13,15H2,1-3H3,(H,30,31,32)/t17-/m0/s1. The van der Waals surface area contributed by atoms with Crippen LogP contribution in [0.1, 0.15) is 47.8 Å². The van der Waals surface area contributed by atoms with E-state index in [1.54, 1.807) is 17.7 Å². The summed E-state index contributed by atoms with van der Waals surface area (Å²) in [6.45, 7) is 5.01. The zero-order chi connectivity index (χ0) is 25.5. The number of rotatable bonds is 6. The van der Waals surface area contributed by atoms with Gasteiger partial charge in [-0.3, -0.25) is 9.79 Å². The average molecular weight is 519 g/mol. The lowest BCUT2D eigenvalue weighted by Gasteiger charge is -2.37. The second kappa shape index (κ2) is 10.0. The van der Waals surface area contributed by atoms with Gasteiger partial charge in [-0.15, -0.1) is 11.3 Å². The van der Waals surface area contributed by atoms with Crippen LogP contribution in [0.5, 0.6) is 5.75 Å². The summed E-state index contributed by atoms with van der Waals surface area (Å²) < 4.78 is 5.95.